The largest absolute Gasteiger partial charge is 0.497 e. The highest BCUT2D eigenvalue weighted by molar-refractivity contribution is 5.97. The van der Waals surface area contributed by atoms with Crippen molar-refractivity contribution < 1.29 is 14.3 Å². The van der Waals surface area contributed by atoms with Gasteiger partial charge in [-0.1, -0.05) is 12.1 Å². The molecule has 7 heteroatoms. The summed E-state index contributed by atoms with van der Waals surface area (Å²) in [7, 11) is 1.62. The molecule has 0 saturated heterocycles. The SMILES string of the molecule is COc1ccc(NC(N)=NCCCN2C(=O)COc3ccccc32)cc1. The maximum Gasteiger partial charge on any atom is 0.265 e. The molecule has 0 atom stereocenters. The Hall–Kier alpha value is -3.22. The maximum absolute atomic E-state index is 12.1. The van der Waals surface area contributed by atoms with Crippen LogP contribution in [0, 0.1) is 0 Å². The summed E-state index contributed by atoms with van der Waals surface area (Å²) in [5.74, 6) is 1.80. The Labute approximate surface area is 152 Å². The molecule has 0 bridgehead atoms. The summed E-state index contributed by atoms with van der Waals surface area (Å²) in [6, 6.07) is 15.0. The van der Waals surface area contributed by atoms with Gasteiger partial charge in [0.15, 0.2) is 12.6 Å². The summed E-state index contributed by atoms with van der Waals surface area (Å²) in [5.41, 5.74) is 7.55. The van der Waals surface area contributed by atoms with Crippen molar-refractivity contribution in [3.63, 3.8) is 0 Å². The molecular formula is C19H22N4O3. The highest BCUT2D eigenvalue weighted by atomic mass is 16.5. The number of nitrogens with zero attached hydrogens (tertiary/aromatic N) is 2. The Morgan fingerprint density at radius 2 is 2.04 bits per heavy atom. The van der Waals surface area contributed by atoms with Gasteiger partial charge in [0, 0.05) is 18.8 Å². The summed E-state index contributed by atoms with van der Waals surface area (Å²) in [5, 5.41) is 3.03. The number of nitrogens with two attached hydrogens (primary N) is 1. The van der Waals surface area contributed by atoms with E-state index in [1.807, 2.05) is 48.5 Å². The smallest absolute Gasteiger partial charge is 0.265 e. The summed E-state index contributed by atoms with van der Waals surface area (Å²) >= 11 is 0. The molecule has 1 amide bonds. The monoisotopic (exact) mass is 354 g/mol. The number of guanidine groups is 1. The third kappa shape index (κ3) is 4.24. The van der Waals surface area contributed by atoms with E-state index < -0.39 is 0 Å². The third-order valence-corrected chi connectivity index (χ3v) is 3.99. The van der Waals surface area contributed by atoms with Crippen molar-refractivity contribution in [1.29, 1.82) is 0 Å². The highest BCUT2D eigenvalue weighted by Gasteiger charge is 2.24. The number of anilines is 2. The number of aliphatic imine (C=N–C) groups is 1. The van der Waals surface area contributed by atoms with Gasteiger partial charge < -0.3 is 25.4 Å². The van der Waals surface area contributed by atoms with E-state index in [0.29, 0.717) is 25.5 Å². The zero-order chi connectivity index (χ0) is 18.4. The van der Waals surface area contributed by atoms with Crippen LogP contribution in [0.1, 0.15) is 6.42 Å². The summed E-state index contributed by atoms with van der Waals surface area (Å²) in [4.78, 5) is 18.1. The number of amides is 1. The molecule has 3 rings (SSSR count). The first-order chi connectivity index (χ1) is 12.7. The number of ether oxygens (including phenoxy) is 2. The lowest BCUT2D eigenvalue weighted by atomic mass is 10.2. The lowest BCUT2D eigenvalue weighted by molar-refractivity contribution is -0.121. The molecule has 3 N–H and O–H groups in total. The molecular weight excluding hydrogens is 332 g/mol. The zero-order valence-electron chi connectivity index (χ0n) is 14.6. The minimum Gasteiger partial charge on any atom is -0.497 e. The number of nitrogens with one attached hydrogen (secondary N) is 1. The predicted molar refractivity (Wildman–Crippen MR) is 102 cm³/mol. The van der Waals surface area contributed by atoms with Crippen LogP contribution in [0.4, 0.5) is 11.4 Å². The highest BCUT2D eigenvalue weighted by Crippen LogP contribution is 2.31. The van der Waals surface area contributed by atoms with Crippen LogP contribution in [-0.2, 0) is 4.79 Å². The first-order valence-corrected chi connectivity index (χ1v) is 8.40. The topological polar surface area (TPSA) is 89.2 Å². The molecule has 0 aromatic heterocycles. The molecule has 0 aliphatic carbocycles. The van der Waals surface area contributed by atoms with Crippen molar-refractivity contribution >= 4 is 23.2 Å². The Bertz CT molecular complexity index is 790. The first-order valence-electron chi connectivity index (χ1n) is 8.40. The van der Waals surface area contributed by atoms with Crippen molar-refractivity contribution in [2.24, 2.45) is 10.7 Å². The molecule has 0 fully saturated rings. The first kappa shape index (κ1) is 17.6. The lowest BCUT2D eigenvalue weighted by Gasteiger charge is -2.29. The van der Waals surface area contributed by atoms with Gasteiger partial charge in [-0.15, -0.1) is 0 Å². The van der Waals surface area contributed by atoms with Crippen LogP contribution < -0.4 is 25.4 Å². The van der Waals surface area contributed by atoms with Crippen LogP contribution in [0.15, 0.2) is 53.5 Å². The summed E-state index contributed by atoms with van der Waals surface area (Å²) < 4.78 is 10.6. The molecule has 2 aromatic carbocycles. The molecule has 0 spiro atoms. The fourth-order valence-electron chi connectivity index (χ4n) is 2.69. The van der Waals surface area contributed by atoms with Gasteiger partial charge in [-0.3, -0.25) is 9.79 Å². The number of hydrogen-bond donors (Lipinski definition) is 2. The fraction of sp³-hybridized carbons (Fsp3) is 0.263. The number of fused-ring (bicyclic) bond motifs is 1. The fourth-order valence-corrected chi connectivity index (χ4v) is 2.69. The molecule has 2 aromatic rings. The summed E-state index contributed by atoms with van der Waals surface area (Å²) in [6.45, 7) is 1.15. The Morgan fingerprint density at radius 1 is 1.27 bits per heavy atom. The lowest BCUT2D eigenvalue weighted by Crippen LogP contribution is -2.39. The maximum atomic E-state index is 12.1. The van der Waals surface area contributed by atoms with Gasteiger partial charge in [0.1, 0.15) is 11.5 Å². The standard InChI is InChI=1S/C19H22N4O3/c1-25-15-9-7-14(8-10-15)22-19(20)21-11-4-12-23-16-5-2-3-6-17(16)26-13-18(23)24/h2-3,5-10H,4,11-13H2,1H3,(H3,20,21,22). The van der Waals surface area contributed by atoms with Gasteiger partial charge in [0.25, 0.3) is 5.91 Å². The third-order valence-electron chi connectivity index (χ3n) is 3.99. The number of carbonyl (C=O) groups is 1. The van der Waals surface area contributed by atoms with Crippen LogP contribution in [0.5, 0.6) is 11.5 Å². The van der Waals surface area contributed by atoms with E-state index in [0.717, 1.165) is 22.9 Å². The van der Waals surface area contributed by atoms with E-state index in [1.54, 1.807) is 12.0 Å². The van der Waals surface area contributed by atoms with Gasteiger partial charge in [-0.2, -0.15) is 0 Å². The van der Waals surface area contributed by atoms with Gasteiger partial charge in [-0.25, -0.2) is 0 Å². The van der Waals surface area contributed by atoms with Crippen LogP contribution in [-0.4, -0.2) is 38.7 Å². The Balaban J connectivity index is 1.51. The van der Waals surface area contributed by atoms with Crippen LogP contribution in [0.2, 0.25) is 0 Å². The summed E-state index contributed by atoms with van der Waals surface area (Å²) in [6.07, 6.45) is 0.699. The van der Waals surface area contributed by atoms with E-state index in [4.69, 9.17) is 15.2 Å². The van der Waals surface area contributed by atoms with Crippen LogP contribution >= 0.6 is 0 Å². The second kappa shape index (κ2) is 8.24. The number of methoxy groups -OCH3 is 1. The number of rotatable bonds is 6. The van der Waals surface area contributed by atoms with Crippen molar-refractivity contribution in [2.75, 3.05) is 37.0 Å². The average molecular weight is 354 g/mol. The van der Waals surface area contributed by atoms with E-state index in [9.17, 15) is 4.79 Å². The van der Waals surface area contributed by atoms with Gasteiger partial charge in [0.2, 0.25) is 0 Å². The van der Waals surface area contributed by atoms with E-state index >= 15 is 0 Å². The normalized spacial score (nSPS) is 13.8. The van der Waals surface area contributed by atoms with Gasteiger partial charge in [-0.05, 0) is 42.8 Å². The number of benzene rings is 2. The second-order valence-electron chi connectivity index (χ2n) is 5.78. The average Bonchev–Trinajstić information content (AvgIpc) is 2.67. The van der Waals surface area contributed by atoms with E-state index in [2.05, 4.69) is 10.3 Å². The molecule has 1 aliphatic rings. The molecule has 7 nitrogen and oxygen atoms in total. The molecule has 0 unspecified atom stereocenters. The Kier molecular flexibility index (Phi) is 5.58. The molecule has 26 heavy (non-hydrogen) atoms. The minimum absolute atomic E-state index is 0.0444. The predicted octanol–water partition coefficient (Wildman–Crippen LogP) is 2.24. The zero-order valence-corrected chi connectivity index (χ0v) is 14.6. The second-order valence-corrected chi connectivity index (χ2v) is 5.78. The Morgan fingerprint density at radius 3 is 2.81 bits per heavy atom. The molecule has 136 valence electrons. The van der Waals surface area contributed by atoms with Crippen molar-refractivity contribution in [3.8, 4) is 11.5 Å². The van der Waals surface area contributed by atoms with Gasteiger partial charge in [0.05, 0.1) is 12.8 Å². The quantitative estimate of drug-likeness (QED) is 0.472. The van der Waals surface area contributed by atoms with Gasteiger partial charge >= 0.3 is 0 Å². The molecule has 1 heterocycles. The molecule has 0 saturated carbocycles. The van der Waals surface area contributed by atoms with Crippen LogP contribution in [0.3, 0.4) is 0 Å². The number of carbonyl (C=O) groups excluding carboxylic acids is 1. The minimum atomic E-state index is -0.0444. The number of para-hydroxylation sites is 2. The van der Waals surface area contributed by atoms with E-state index in [-0.39, 0.29) is 12.5 Å². The van der Waals surface area contributed by atoms with Crippen LogP contribution in [0.25, 0.3) is 0 Å². The van der Waals surface area contributed by atoms with Crippen molar-refractivity contribution in [3.05, 3.63) is 48.5 Å². The molecule has 1 aliphatic heterocycles. The molecule has 0 radical (unpaired) electrons. The van der Waals surface area contributed by atoms with Crippen molar-refractivity contribution in [1.82, 2.24) is 0 Å². The van der Waals surface area contributed by atoms with E-state index in [1.165, 1.54) is 0 Å². The number of hydrogen-bond acceptors (Lipinski definition) is 4. The van der Waals surface area contributed by atoms with Crippen molar-refractivity contribution in [2.45, 2.75) is 6.42 Å².